The van der Waals surface area contributed by atoms with E-state index in [1.807, 2.05) is 18.0 Å². The molecule has 1 aliphatic carbocycles. The summed E-state index contributed by atoms with van der Waals surface area (Å²) in [5.74, 6) is 0.838. The van der Waals surface area contributed by atoms with Gasteiger partial charge in [-0.3, -0.25) is 9.59 Å². The normalized spacial score (nSPS) is 29.7. The van der Waals surface area contributed by atoms with E-state index in [2.05, 4.69) is 16.9 Å². The Hall–Kier alpha value is -1.86. The zero-order valence-corrected chi connectivity index (χ0v) is 15.6. The quantitative estimate of drug-likeness (QED) is 0.856. The van der Waals surface area contributed by atoms with Gasteiger partial charge in [-0.2, -0.15) is 0 Å². The number of amides is 2. The molecule has 0 radical (unpaired) electrons. The van der Waals surface area contributed by atoms with Crippen molar-refractivity contribution in [2.45, 2.75) is 18.9 Å². The van der Waals surface area contributed by atoms with Crippen molar-refractivity contribution < 1.29 is 14.3 Å². The van der Waals surface area contributed by atoms with Crippen LogP contribution in [0.2, 0.25) is 0 Å². The summed E-state index contributed by atoms with van der Waals surface area (Å²) in [7, 11) is 4.00. The van der Waals surface area contributed by atoms with Crippen molar-refractivity contribution >= 4 is 11.8 Å². The fourth-order valence-electron chi connectivity index (χ4n) is 4.54. The maximum absolute atomic E-state index is 12.9. The van der Waals surface area contributed by atoms with Crippen molar-refractivity contribution in [1.82, 2.24) is 19.7 Å². The van der Waals surface area contributed by atoms with Crippen LogP contribution in [0.15, 0.2) is 18.5 Å². The molecule has 2 amide bonds. The molecule has 3 fully saturated rings. The lowest BCUT2D eigenvalue weighted by Crippen LogP contribution is -2.53. The zero-order chi connectivity index (χ0) is 18.3. The van der Waals surface area contributed by atoms with Gasteiger partial charge in [-0.15, -0.1) is 0 Å². The second kappa shape index (κ2) is 6.70. The number of rotatable bonds is 4. The summed E-state index contributed by atoms with van der Waals surface area (Å²) in [5.41, 5.74) is 0.445. The Morgan fingerprint density at radius 3 is 2.92 bits per heavy atom. The molecule has 26 heavy (non-hydrogen) atoms. The van der Waals surface area contributed by atoms with Gasteiger partial charge in [0.25, 0.3) is 5.91 Å². The van der Waals surface area contributed by atoms with Gasteiger partial charge >= 0.3 is 0 Å². The summed E-state index contributed by atoms with van der Waals surface area (Å²) in [6.07, 6.45) is 6.11. The van der Waals surface area contributed by atoms with Crippen LogP contribution in [0.5, 0.6) is 0 Å². The highest BCUT2D eigenvalue weighted by molar-refractivity contribution is 5.94. The Morgan fingerprint density at radius 1 is 1.42 bits per heavy atom. The van der Waals surface area contributed by atoms with Crippen LogP contribution in [0.1, 0.15) is 23.2 Å². The van der Waals surface area contributed by atoms with Crippen LogP contribution in [-0.4, -0.2) is 91.0 Å². The Morgan fingerprint density at radius 2 is 2.23 bits per heavy atom. The van der Waals surface area contributed by atoms with E-state index in [9.17, 15) is 9.59 Å². The molecule has 2 aliphatic heterocycles. The molecule has 7 nitrogen and oxygen atoms in total. The van der Waals surface area contributed by atoms with Gasteiger partial charge < -0.3 is 24.4 Å². The summed E-state index contributed by atoms with van der Waals surface area (Å²) >= 11 is 0. The number of aromatic nitrogens is 1. The van der Waals surface area contributed by atoms with Crippen molar-refractivity contribution in [3.63, 3.8) is 0 Å². The molecule has 142 valence electrons. The number of nitrogens with zero attached hydrogens (tertiary/aromatic N) is 3. The monoisotopic (exact) mass is 360 g/mol. The third-order valence-electron chi connectivity index (χ3n) is 6.11. The first-order chi connectivity index (χ1) is 12.5. The van der Waals surface area contributed by atoms with Gasteiger partial charge in [0, 0.05) is 57.1 Å². The van der Waals surface area contributed by atoms with E-state index in [0.29, 0.717) is 31.8 Å². The second-order valence-corrected chi connectivity index (χ2v) is 8.29. The van der Waals surface area contributed by atoms with E-state index >= 15 is 0 Å². The summed E-state index contributed by atoms with van der Waals surface area (Å²) in [5, 5.41) is 0. The number of likely N-dealkylation sites (N-methyl/N-ethyl adjacent to an activating group) is 2. The fraction of sp³-hybridized carbons (Fsp3) is 0.684. The number of aromatic amines is 1. The minimum absolute atomic E-state index is 0.0147. The van der Waals surface area contributed by atoms with Crippen LogP contribution in [0.25, 0.3) is 0 Å². The largest absolute Gasteiger partial charge is 0.371 e. The Kier molecular flexibility index (Phi) is 4.52. The highest BCUT2D eigenvalue weighted by Crippen LogP contribution is 2.39. The number of likely N-dealkylation sites (tertiary alicyclic amines) is 1. The number of hydrogen-bond donors (Lipinski definition) is 1. The smallest absolute Gasteiger partial charge is 0.255 e. The lowest BCUT2D eigenvalue weighted by molar-refractivity contribution is -0.132. The zero-order valence-electron chi connectivity index (χ0n) is 15.6. The highest BCUT2D eigenvalue weighted by Gasteiger charge is 2.52. The first-order valence-electron chi connectivity index (χ1n) is 9.42. The minimum Gasteiger partial charge on any atom is -0.371 e. The van der Waals surface area contributed by atoms with Crippen molar-refractivity contribution in [2.75, 3.05) is 53.5 Å². The van der Waals surface area contributed by atoms with Crippen LogP contribution in [0, 0.1) is 11.3 Å². The van der Waals surface area contributed by atoms with Crippen LogP contribution in [-0.2, 0) is 9.53 Å². The first kappa shape index (κ1) is 17.5. The van der Waals surface area contributed by atoms with E-state index in [0.717, 1.165) is 12.5 Å². The van der Waals surface area contributed by atoms with Gasteiger partial charge in [0.2, 0.25) is 5.91 Å². The average Bonchev–Trinajstić information content (AvgIpc) is 3.15. The Bertz CT molecular complexity index is 672. The van der Waals surface area contributed by atoms with Gasteiger partial charge in [-0.05, 0) is 31.9 Å². The molecular weight excluding hydrogens is 332 g/mol. The molecule has 7 heteroatoms. The van der Waals surface area contributed by atoms with E-state index in [-0.39, 0.29) is 29.9 Å². The standard InChI is InChI=1S/C19H28N4O3/c1-21(8-14-3-4-14)16-9-23(18(25)15-5-6-20-7-15)12-19(16)11-22(2)17(24)10-26-13-19/h5-7,14,16,20H,3-4,8-13H2,1-2H3/t16-,19-/m1/s1. The minimum atomic E-state index is -0.240. The topological polar surface area (TPSA) is 68.9 Å². The van der Waals surface area contributed by atoms with Gasteiger partial charge in [-0.25, -0.2) is 0 Å². The van der Waals surface area contributed by atoms with E-state index in [1.54, 1.807) is 17.3 Å². The van der Waals surface area contributed by atoms with Gasteiger partial charge in [0.1, 0.15) is 6.61 Å². The van der Waals surface area contributed by atoms with Crippen molar-refractivity contribution in [3.05, 3.63) is 24.0 Å². The Balaban J connectivity index is 1.59. The molecule has 4 rings (SSSR count). The molecule has 0 aromatic carbocycles. The number of nitrogens with one attached hydrogen (secondary N) is 1. The molecule has 2 atom stereocenters. The lowest BCUT2D eigenvalue weighted by atomic mass is 9.82. The molecule has 1 spiro atoms. The number of ether oxygens (including phenoxy) is 1. The number of H-pyrrole nitrogens is 1. The van der Waals surface area contributed by atoms with Crippen LogP contribution in [0.3, 0.4) is 0 Å². The average molecular weight is 360 g/mol. The van der Waals surface area contributed by atoms with Gasteiger partial charge in [0.05, 0.1) is 12.2 Å². The molecule has 0 bridgehead atoms. The highest BCUT2D eigenvalue weighted by atomic mass is 16.5. The molecule has 1 saturated carbocycles. The third-order valence-corrected chi connectivity index (χ3v) is 6.11. The van der Waals surface area contributed by atoms with Gasteiger partial charge in [-0.1, -0.05) is 0 Å². The predicted octanol–water partition coefficient (Wildman–Crippen LogP) is 0.656. The molecule has 2 saturated heterocycles. The van der Waals surface area contributed by atoms with E-state index in [4.69, 9.17) is 4.74 Å². The molecule has 3 heterocycles. The molecular formula is C19H28N4O3. The van der Waals surface area contributed by atoms with Crippen molar-refractivity contribution in [2.24, 2.45) is 11.3 Å². The van der Waals surface area contributed by atoms with Crippen LogP contribution >= 0.6 is 0 Å². The fourth-order valence-corrected chi connectivity index (χ4v) is 4.54. The van der Waals surface area contributed by atoms with Crippen molar-refractivity contribution in [1.29, 1.82) is 0 Å². The summed E-state index contributed by atoms with van der Waals surface area (Å²) in [4.78, 5) is 34.1. The number of hydrogen-bond acceptors (Lipinski definition) is 4. The summed E-state index contributed by atoms with van der Waals surface area (Å²) in [6.45, 7) is 3.62. The Labute approximate surface area is 154 Å². The van der Waals surface area contributed by atoms with Gasteiger partial charge in [0.15, 0.2) is 0 Å². The van der Waals surface area contributed by atoms with Crippen LogP contribution < -0.4 is 0 Å². The molecule has 0 unspecified atom stereocenters. The molecule has 1 aromatic rings. The van der Waals surface area contributed by atoms with E-state index in [1.165, 1.54) is 12.8 Å². The molecule has 1 N–H and O–H groups in total. The maximum atomic E-state index is 12.9. The number of carbonyl (C=O) groups is 2. The first-order valence-corrected chi connectivity index (χ1v) is 9.42. The summed E-state index contributed by atoms with van der Waals surface area (Å²) < 4.78 is 5.77. The molecule has 1 aromatic heterocycles. The second-order valence-electron chi connectivity index (χ2n) is 8.29. The van der Waals surface area contributed by atoms with Crippen molar-refractivity contribution in [3.8, 4) is 0 Å². The number of carbonyl (C=O) groups excluding carboxylic acids is 2. The van der Waals surface area contributed by atoms with E-state index < -0.39 is 0 Å². The lowest BCUT2D eigenvalue weighted by Gasteiger charge is -2.39. The molecule has 3 aliphatic rings. The summed E-state index contributed by atoms with van der Waals surface area (Å²) in [6, 6.07) is 2.01. The van der Waals surface area contributed by atoms with Crippen LogP contribution in [0.4, 0.5) is 0 Å². The SMILES string of the molecule is CN1C[C@]2(COCC1=O)CN(C(=O)c1cc[nH]c1)C[C@H]2N(C)CC1CC1. The third kappa shape index (κ3) is 3.25. The maximum Gasteiger partial charge on any atom is 0.255 e. The predicted molar refractivity (Wildman–Crippen MR) is 96.7 cm³/mol.